The monoisotopic (exact) mass is 480 g/mol. The predicted octanol–water partition coefficient (Wildman–Crippen LogP) is 5.44. The van der Waals surface area contributed by atoms with E-state index in [-0.39, 0.29) is 23.7 Å². The molecule has 5 nitrogen and oxygen atoms in total. The molecule has 5 heteroatoms. The van der Waals surface area contributed by atoms with Gasteiger partial charge in [0.15, 0.2) is 11.2 Å². The Bertz CT molecular complexity index is 967. The second-order valence-electron chi connectivity index (χ2n) is 11.8. The maximum Gasteiger partial charge on any atom is 0.324 e. The maximum absolute atomic E-state index is 12.6. The molecule has 0 aromatic heterocycles. The van der Waals surface area contributed by atoms with Crippen LogP contribution in [-0.4, -0.2) is 31.9 Å². The van der Waals surface area contributed by atoms with Gasteiger partial charge in [0.25, 0.3) is 0 Å². The van der Waals surface area contributed by atoms with Gasteiger partial charge < -0.3 is 9.47 Å². The molecule has 4 aliphatic rings. The number of fused-ring (bicyclic) bond motifs is 5. The standard InChI is InChI=1S/C30H40O5/c1-6-15-30(26(32)34-4,27(33)35-5)16-7-8-20-10-12-24-23-11-9-21-19-22(31)13-17-29(21,3)25(23)14-18-28(20,24)2/h1,7-8,19-20,23-25H,9-18H2,2-5H3/b8-7+/t20-,23?,24?,25?,28+,29+/m0/s1. The molecule has 35 heavy (non-hydrogen) atoms. The van der Waals surface area contributed by atoms with Gasteiger partial charge in [0.1, 0.15) is 0 Å². The summed E-state index contributed by atoms with van der Waals surface area (Å²) in [6, 6.07) is 0. The number of esters is 2. The van der Waals surface area contributed by atoms with Crippen LogP contribution < -0.4 is 0 Å². The Labute approximate surface area is 210 Å². The minimum absolute atomic E-state index is 0.0536. The number of methoxy groups -OCH3 is 2. The van der Waals surface area contributed by atoms with Crippen LogP contribution in [0, 0.1) is 52.3 Å². The highest BCUT2D eigenvalue weighted by atomic mass is 16.5. The van der Waals surface area contributed by atoms with E-state index in [0.29, 0.717) is 35.9 Å². The quantitative estimate of drug-likeness (QED) is 0.219. The topological polar surface area (TPSA) is 69.7 Å². The van der Waals surface area contributed by atoms with Crippen LogP contribution in [0.25, 0.3) is 0 Å². The molecule has 0 aromatic carbocycles. The second-order valence-corrected chi connectivity index (χ2v) is 11.8. The number of hydrogen-bond donors (Lipinski definition) is 0. The van der Waals surface area contributed by atoms with E-state index in [9.17, 15) is 14.4 Å². The first-order valence-electron chi connectivity index (χ1n) is 13.2. The number of carbonyl (C=O) groups excluding carboxylic acids is 3. The van der Waals surface area contributed by atoms with E-state index in [4.69, 9.17) is 15.9 Å². The fourth-order valence-electron chi connectivity index (χ4n) is 8.38. The third-order valence-corrected chi connectivity index (χ3v) is 10.4. The van der Waals surface area contributed by atoms with E-state index < -0.39 is 17.4 Å². The molecule has 3 saturated carbocycles. The summed E-state index contributed by atoms with van der Waals surface area (Å²) in [5, 5.41) is 0. The van der Waals surface area contributed by atoms with Gasteiger partial charge in [-0.05, 0) is 91.9 Å². The molecule has 0 saturated heterocycles. The van der Waals surface area contributed by atoms with Crippen LogP contribution in [-0.2, 0) is 23.9 Å². The van der Waals surface area contributed by atoms with E-state index in [1.807, 2.05) is 12.2 Å². The first-order chi connectivity index (χ1) is 16.7. The lowest BCUT2D eigenvalue weighted by atomic mass is 9.47. The number of allylic oxidation sites excluding steroid dienone is 3. The molecule has 3 unspecified atom stereocenters. The summed E-state index contributed by atoms with van der Waals surface area (Å²) in [6.07, 6.45) is 20.5. The minimum Gasteiger partial charge on any atom is -0.468 e. The zero-order chi connectivity index (χ0) is 25.4. The van der Waals surface area contributed by atoms with Gasteiger partial charge in [-0.1, -0.05) is 31.6 Å². The third kappa shape index (κ3) is 4.07. The Morgan fingerprint density at radius 3 is 2.46 bits per heavy atom. The zero-order valence-corrected chi connectivity index (χ0v) is 21.7. The number of ketones is 1. The van der Waals surface area contributed by atoms with Crippen LogP contribution >= 0.6 is 0 Å². The Morgan fingerprint density at radius 2 is 1.80 bits per heavy atom. The average molecular weight is 481 g/mol. The highest BCUT2D eigenvalue weighted by Gasteiger charge is 2.58. The number of rotatable bonds is 6. The number of carbonyl (C=O) groups is 3. The van der Waals surface area contributed by atoms with Gasteiger partial charge in [0.05, 0.1) is 14.2 Å². The molecular formula is C30H40O5. The van der Waals surface area contributed by atoms with Gasteiger partial charge in [-0.3, -0.25) is 14.4 Å². The van der Waals surface area contributed by atoms with Crippen molar-refractivity contribution in [2.24, 2.45) is 39.9 Å². The van der Waals surface area contributed by atoms with Crippen LogP contribution in [0.4, 0.5) is 0 Å². The highest BCUT2D eigenvalue weighted by Crippen LogP contribution is 2.66. The maximum atomic E-state index is 12.6. The lowest BCUT2D eigenvalue weighted by Crippen LogP contribution is -2.50. The third-order valence-electron chi connectivity index (χ3n) is 10.4. The number of terminal acetylenes is 1. The molecule has 6 atom stereocenters. The smallest absolute Gasteiger partial charge is 0.324 e. The van der Waals surface area contributed by atoms with Crippen molar-refractivity contribution in [3.05, 3.63) is 23.8 Å². The fourth-order valence-corrected chi connectivity index (χ4v) is 8.38. The van der Waals surface area contributed by atoms with Crippen molar-refractivity contribution in [3.63, 3.8) is 0 Å². The predicted molar refractivity (Wildman–Crippen MR) is 134 cm³/mol. The van der Waals surface area contributed by atoms with Crippen LogP contribution in [0.1, 0.15) is 78.1 Å². The van der Waals surface area contributed by atoms with Crippen molar-refractivity contribution < 1.29 is 23.9 Å². The summed E-state index contributed by atoms with van der Waals surface area (Å²) in [6.45, 7) is 4.87. The summed E-state index contributed by atoms with van der Waals surface area (Å²) < 4.78 is 9.89. The number of hydrogen-bond acceptors (Lipinski definition) is 5. The van der Waals surface area contributed by atoms with E-state index >= 15 is 0 Å². The molecule has 3 fully saturated rings. The van der Waals surface area contributed by atoms with Crippen LogP contribution in [0.5, 0.6) is 0 Å². The van der Waals surface area contributed by atoms with Gasteiger partial charge in [0, 0.05) is 12.8 Å². The Hall–Kier alpha value is -2.35. The SMILES string of the molecule is C#CCC(C/C=C/[C@H]1CCC2C3CCC4=CC(=O)CC[C@@]4(C)C3CC[C@@]21C)(C(=O)OC)C(=O)OC. The molecule has 190 valence electrons. The molecule has 0 spiro atoms. The molecule has 0 amide bonds. The van der Waals surface area contributed by atoms with E-state index in [2.05, 4.69) is 25.8 Å². The second kappa shape index (κ2) is 9.60. The van der Waals surface area contributed by atoms with Crippen LogP contribution in [0.15, 0.2) is 23.8 Å². The van der Waals surface area contributed by atoms with E-state index in [0.717, 1.165) is 19.3 Å². The van der Waals surface area contributed by atoms with Gasteiger partial charge >= 0.3 is 11.9 Å². The van der Waals surface area contributed by atoms with Crippen molar-refractivity contribution in [1.82, 2.24) is 0 Å². The molecular weight excluding hydrogens is 440 g/mol. The van der Waals surface area contributed by atoms with Crippen LogP contribution in [0.2, 0.25) is 0 Å². The lowest BCUT2D eigenvalue weighted by molar-refractivity contribution is -0.168. The summed E-state index contributed by atoms with van der Waals surface area (Å²) >= 11 is 0. The van der Waals surface area contributed by atoms with Crippen molar-refractivity contribution in [3.8, 4) is 12.3 Å². The van der Waals surface area contributed by atoms with Gasteiger partial charge in [-0.15, -0.1) is 12.3 Å². The molecule has 0 heterocycles. The summed E-state index contributed by atoms with van der Waals surface area (Å²) in [4.78, 5) is 37.3. The summed E-state index contributed by atoms with van der Waals surface area (Å²) in [5.74, 6) is 3.93. The first kappa shape index (κ1) is 25.7. The molecule has 4 aliphatic carbocycles. The molecule has 0 N–H and O–H groups in total. The lowest BCUT2D eigenvalue weighted by Gasteiger charge is -2.58. The van der Waals surface area contributed by atoms with Crippen molar-refractivity contribution in [2.75, 3.05) is 14.2 Å². The summed E-state index contributed by atoms with van der Waals surface area (Å²) in [7, 11) is 2.55. The van der Waals surface area contributed by atoms with E-state index in [1.54, 1.807) is 0 Å². The largest absolute Gasteiger partial charge is 0.468 e. The van der Waals surface area contributed by atoms with Crippen molar-refractivity contribution in [1.29, 1.82) is 0 Å². The summed E-state index contributed by atoms with van der Waals surface area (Å²) in [5.41, 5.74) is 0.306. The Balaban J connectivity index is 1.53. The van der Waals surface area contributed by atoms with Crippen molar-refractivity contribution in [2.45, 2.75) is 78.1 Å². The normalized spacial score (nSPS) is 36.4. The highest BCUT2D eigenvalue weighted by molar-refractivity contribution is 6.00. The first-order valence-corrected chi connectivity index (χ1v) is 13.2. The molecule has 0 bridgehead atoms. The average Bonchev–Trinajstić information content (AvgIpc) is 3.19. The molecule has 0 aliphatic heterocycles. The molecule has 0 radical (unpaired) electrons. The molecule has 4 rings (SSSR count). The van der Waals surface area contributed by atoms with Gasteiger partial charge in [-0.2, -0.15) is 0 Å². The van der Waals surface area contributed by atoms with Gasteiger partial charge in [0.2, 0.25) is 0 Å². The number of ether oxygens (including phenoxy) is 2. The Morgan fingerprint density at radius 1 is 1.09 bits per heavy atom. The Kier molecular flexibility index (Phi) is 7.06. The molecule has 0 aromatic rings. The van der Waals surface area contributed by atoms with E-state index in [1.165, 1.54) is 45.5 Å². The fraction of sp³-hybridized carbons (Fsp3) is 0.700. The van der Waals surface area contributed by atoms with Gasteiger partial charge in [-0.25, -0.2) is 0 Å². The van der Waals surface area contributed by atoms with Crippen molar-refractivity contribution >= 4 is 17.7 Å². The van der Waals surface area contributed by atoms with Crippen LogP contribution in [0.3, 0.4) is 0 Å². The zero-order valence-electron chi connectivity index (χ0n) is 21.7. The minimum atomic E-state index is -1.50.